The molecule has 5 rings (SSSR count). The average Bonchev–Trinajstić information content (AvgIpc) is 3.16. The normalized spacial score (nSPS) is 47.3. The van der Waals surface area contributed by atoms with Crippen molar-refractivity contribution in [3.05, 3.63) is 12.2 Å². The summed E-state index contributed by atoms with van der Waals surface area (Å²) in [7, 11) is -2.01. The molecule has 0 aromatic rings. The predicted octanol–water partition coefficient (Wildman–Crippen LogP) is 6.93. The lowest BCUT2D eigenvalue weighted by molar-refractivity contribution is -0.254. The first-order chi connectivity index (χ1) is 17.8. The van der Waals surface area contributed by atoms with Crippen LogP contribution in [-0.4, -0.2) is 55.8 Å². The maximum atomic E-state index is 12.2. The van der Waals surface area contributed by atoms with E-state index in [1.54, 1.807) is 0 Å². The third-order valence-electron chi connectivity index (χ3n) is 13.0. The molecular formula is C33H58O5Si. The lowest BCUT2D eigenvalue weighted by Gasteiger charge is -2.63. The lowest BCUT2D eigenvalue weighted by Crippen LogP contribution is -2.67. The SMILES string of the molecule is CC(C1OCC(C)(C)CO1)[C@H]1CC[C@H]2[C@@H]3C=C[C@@]4(O)C[C@@H](O[Si](C)(C)C(C)(C)C)C[C@H](O)[C@]4(C)[C@H]3CC[C@]12C. The third kappa shape index (κ3) is 4.76. The summed E-state index contributed by atoms with van der Waals surface area (Å²) in [6.07, 6.45) is 9.47. The van der Waals surface area contributed by atoms with Crippen LogP contribution < -0.4 is 0 Å². The fourth-order valence-corrected chi connectivity index (χ4v) is 10.8. The van der Waals surface area contributed by atoms with Crippen LogP contribution in [0.1, 0.15) is 93.9 Å². The summed E-state index contributed by atoms with van der Waals surface area (Å²) in [6, 6.07) is 0. The van der Waals surface area contributed by atoms with Gasteiger partial charge in [0.1, 0.15) is 0 Å². The zero-order valence-corrected chi connectivity index (χ0v) is 27.5. The minimum atomic E-state index is -2.01. The minimum Gasteiger partial charge on any atom is -0.414 e. The van der Waals surface area contributed by atoms with Gasteiger partial charge in [0.15, 0.2) is 14.6 Å². The first-order valence-electron chi connectivity index (χ1n) is 15.9. The molecule has 0 radical (unpaired) electrons. The van der Waals surface area contributed by atoms with Crippen molar-refractivity contribution in [1.29, 1.82) is 0 Å². The number of ether oxygens (including phenoxy) is 2. The zero-order valence-electron chi connectivity index (χ0n) is 26.5. The summed E-state index contributed by atoms with van der Waals surface area (Å²) in [4.78, 5) is 0. The van der Waals surface area contributed by atoms with Crippen molar-refractivity contribution in [2.45, 2.75) is 136 Å². The molecule has 3 saturated carbocycles. The molecule has 0 spiro atoms. The van der Waals surface area contributed by atoms with Gasteiger partial charge in [-0.1, -0.05) is 67.5 Å². The summed E-state index contributed by atoms with van der Waals surface area (Å²) in [5, 5.41) is 24.1. The van der Waals surface area contributed by atoms with E-state index in [1.807, 2.05) is 0 Å². The van der Waals surface area contributed by atoms with Gasteiger partial charge in [0.05, 0.1) is 31.0 Å². The van der Waals surface area contributed by atoms with Crippen LogP contribution >= 0.6 is 0 Å². The maximum absolute atomic E-state index is 12.2. The Morgan fingerprint density at radius 3 is 2.26 bits per heavy atom. The highest BCUT2D eigenvalue weighted by Gasteiger charge is 2.66. The van der Waals surface area contributed by atoms with E-state index < -0.39 is 25.4 Å². The van der Waals surface area contributed by atoms with Crippen LogP contribution in [0.3, 0.4) is 0 Å². The first-order valence-corrected chi connectivity index (χ1v) is 18.8. The average molecular weight is 563 g/mol. The van der Waals surface area contributed by atoms with Crippen LogP contribution in [0.2, 0.25) is 18.1 Å². The molecule has 5 aliphatic rings. The van der Waals surface area contributed by atoms with E-state index in [4.69, 9.17) is 13.9 Å². The van der Waals surface area contributed by atoms with Gasteiger partial charge in [0.25, 0.3) is 0 Å². The Labute approximate surface area is 239 Å². The van der Waals surface area contributed by atoms with Crippen molar-refractivity contribution in [2.75, 3.05) is 13.2 Å². The second-order valence-electron chi connectivity index (χ2n) is 17.1. The molecule has 0 aromatic heterocycles. The lowest BCUT2D eigenvalue weighted by atomic mass is 9.44. The number of allylic oxidation sites excluding steroid dienone is 1. The maximum Gasteiger partial charge on any atom is 0.192 e. The van der Waals surface area contributed by atoms with Gasteiger partial charge >= 0.3 is 0 Å². The van der Waals surface area contributed by atoms with Gasteiger partial charge in [0.2, 0.25) is 0 Å². The number of fused-ring (bicyclic) bond motifs is 5. The zero-order chi connectivity index (χ0) is 28.8. The van der Waals surface area contributed by atoms with Gasteiger partial charge in [-0.3, -0.25) is 0 Å². The fraction of sp³-hybridized carbons (Fsp3) is 0.939. The van der Waals surface area contributed by atoms with Crippen LogP contribution in [-0.2, 0) is 13.9 Å². The molecule has 0 amide bonds. The molecule has 1 heterocycles. The van der Waals surface area contributed by atoms with Crippen molar-refractivity contribution in [2.24, 2.45) is 45.8 Å². The van der Waals surface area contributed by atoms with Crippen molar-refractivity contribution < 1.29 is 24.1 Å². The molecule has 6 heteroatoms. The molecule has 4 aliphatic carbocycles. The van der Waals surface area contributed by atoms with Gasteiger partial charge in [-0.05, 0) is 79.3 Å². The molecule has 10 atom stereocenters. The summed E-state index contributed by atoms with van der Waals surface area (Å²) < 4.78 is 19.3. The van der Waals surface area contributed by atoms with E-state index in [0.29, 0.717) is 36.5 Å². The molecule has 4 fully saturated rings. The molecule has 1 saturated heterocycles. The smallest absolute Gasteiger partial charge is 0.192 e. The molecule has 224 valence electrons. The topological polar surface area (TPSA) is 68.2 Å². The van der Waals surface area contributed by atoms with Crippen LogP contribution in [0.4, 0.5) is 0 Å². The summed E-state index contributed by atoms with van der Waals surface area (Å²) >= 11 is 0. The highest BCUT2D eigenvalue weighted by Crippen LogP contribution is 2.68. The van der Waals surface area contributed by atoms with Gasteiger partial charge in [-0.25, -0.2) is 0 Å². The molecule has 0 bridgehead atoms. The summed E-state index contributed by atoms with van der Waals surface area (Å²) in [6.45, 7) is 24.3. The Morgan fingerprint density at radius 1 is 1.00 bits per heavy atom. The van der Waals surface area contributed by atoms with E-state index in [1.165, 1.54) is 12.8 Å². The second-order valence-corrected chi connectivity index (χ2v) is 21.8. The van der Waals surface area contributed by atoms with Crippen molar-refractivity contribution >= 4 is 8.32 Å². The number of rotatable bonds is 4. The number of hydrogen-bond donors (Lipinski definition) is 2. The van der Waals surface area contributed by atoms with Gasteiger partial charge in [-0.2, -0.15) is 0 Å². The van der Waals surface area contributed by atoms with Crippen LogP contribution in [0.5, 0.6) is 0 Å². The highest BCUT2D eigenvalue weighted by molar-refractivity contribution is 6.74. The largest absolute Gasteiger partial charge is 0.414 e. The van der Waals surface area contributed by atoms with Crippen molar-refractivity contribution in [1.82, 2.24) is 0 Å². The van der Waals surface area contributed by atoms with Crippen LogP contribution in [0.15, 0.2) is 12.2 Å². The first kappa shape index (κ1) is 30.2. The molecule has 1 aliphatic heterocycles. The molecule has 39 heavy (non-hydrogen) atoms. The fourth-order valence-electron chi connectivity index (χ4n) is 9.47. The Balaban J connectivity index is 1.36. The minimum absolute atomic E-state index is 0.0884. The number of aliphatic hydroxyl groups is 2. The Kier molecular flexibility index (Phi) is 7.47. The standard InChI is InChI=1S/C33H58O5Si/c1-21(28-36-19-30(5,6)20-37-28)24-11-12-25-23-13-16-33(35)18-22(38-39(9,10)29(2,3)4)17-27(34)32(33,8)26(23)14-15-31(24,25)7/h13,16,21-28,34-35H,11-12,14-15,17-20H2,1-10H3/t21?,22-,23-,24+,25-,26-,27-,31+,32-,33+/m0/s1. The molecular weight excluding hydrogens is 504 g/mol. The second kappa shape index (κ2) is 9.64. The van der Waals surface area contributed by atoms with E-state index in [0.717, 1.165) is 26.1 Å². The van der Waals surface area contributed by atoms with Crippen LogP contribution in [0, 0.1) is 45.8 Å². The number of aliphatic hydroxyl groups excluding tert-OH is 1. The monoisotopic (exact) mass is 562 g/mol. The predicted molar refractivity (Wildman–Crippen MR) is 159 cm³/mol. The van der Waals surface area contributed by atoms with Gasteiger partial charge in [0, 0.05) is 23.2 Å². The van der Waals surface area contributed by atoms with Gasteiger partial charge < -0.3 is 24.1 Å². The molecule has 2 N–H and O–H groups in total. The quantitative estimate of drug-likeness (QED) is 0.287. The molecule has 1 unspecified atom stereocenters. The molecule has 0 aromatic carbocycles. The molecule has 5 nitrogen and oxygen atoms in total. The Bertz CT molecular complexity index is 946. The van der Waals surface area contributed by atoms with E-state index >= 15 is 0 Å². The van der Waals surface area contributed by atoms with E-state index in [2.05, 4.69) is 80.6 Å². The third-order valence-corrected chi connectivity index (χ3v) is 17.6. The van der Waals surface area contributed by atoms with E-state index in [9.17, 15) is 10.2 Å². The summed E-state index contributed by atoms with van der Waals surface area (Å²) in [5.41, 5.74) is -1.27. The van der Waals surface area contributed by atoms with Crippen molar-refractivity contribution in [3.63, 3.8) is 0 Å². The van der Waals surface area contributed by atoms with Crippen molar-refractivity contribution in [3.8, 4) is 0 Å². The number of hydrogen-bond acceptors (Lipinski definition) is 5. The van der Waals surface area contributed by atoms with Gasteiger partial charge in [-0.15, -0.1) is 0 Å². The Morgan fingerprint density at radius 2 is 1.64 bits per heavy atom. The Hall–Kier alpha value is -0.243. The van der Waals surface area contributed by atoms with Crippen LogP contribution in [0.25, 0.3) is 0 Å². The van der Waals surface area contributed by atoms with E-state index in [-0.39, 0.29) is 34.2 Å². The highest BCUT2D eigenvalue weighted by atomic mass is 28.4. The summed E-state index contributed by atoms with van der Waals surface area (Å²) in [5.74, 6) is 2.17.